The van der Waals surface area contributed by atoms with E-state index in [-0.39, 0.29) is 70.0 Å². The molecule has 11 atom stereocenters. The summed E-state index contributed by atoms with van der Waals surface area (Å²) in [4.78, 5) is 54.7. The summed E-state index contributed by atoms with van der Waals surface area (Å²) in [5.41, 5.74) is 0.596. The summed E-state index contributed by atoms with van der Waals surface area (Å²) in [6, 6.07) is 3.13. The number of hydrogen-bond donors (Lipinski definition) is 3. The van der Waals surface area contributed by atoms with Gasteiger partial charge in [-0.25, -0.2) is 4.79 Å². The van der Waals surface area contributed by atoms with Crippen LogP contribution in [0.1, 0.15) is 136 Å². The lowest BCUT2D eigenvalue weighted by Gasteiger charge is -2.72. The number of esters is 1. The fourth-order valence-electron chi connectivity index (χ4n) is 13.4. The normalized spacial score (nSPS) is 39.2. The second kappa shape index (κ2) is 13.3. The summed E-state index contributed by atoms with van der Waals surface area (Å²) in [7, 11) is 0. The van der Waals surface area contributed by atoms with E-state index >= 15 is 0 Å². The number of fused-ring (bicyclic) bond motifs is 7. The predicted molar refractivity (Wildman–Crippen MR) is 198 cm³/mol. The van der Waals surface area contributed by atoms with Crippen LogP contribution in [0.4, 0.5) is 0 Å². The highest BCUT2D eigenvalue weighted by molar-refractivity contribution is 5.89. The molecule has 6 rings (SSSR count). The van der Waals surface area contributed by atoms with Crippen LogP contribution >= 0.6 is 0 Å². The minimum Gasteiger partial charge on any atom is -0.481 e. The number of hydrogen-bond acceptors (Lipinski definition) is 6. The smallest absolute Gasteiger partial charge is 0.337 e. The van der Waals surface area contributed by atoms with Crippen LogP contribution in [0.3, 0.4) is 0 Å². The van der Waals surface area contributed by atoms with Crippen LogP contribution in [0.5, 0.6) is 0 Å². The fraction of sp³-hybridized carbons (Fsp3) is 0.744. The van der Waals surface area contributed by atoms with Crippen molar-refractivity contribution in [3.63, 3.8) is 0 Å². The average molecular weight is 719 g/mol. The third-order valence-electron chi connectivity index (χ3n) is 16.3. The summed E-state index contributed by atoms with van der Waals surface area (Å²) >= 11 is 0. The lowest BCUT2D eigenvalue weighted by atomic mass is 9.33. The highest BCUT2D eigenvalue weighted by atomic mass is 16.5. The van der Waals surface area contributed by atoms with E-state index in [4.69, 9.17) is 4.74 Å². The molecular weight excluding hydrogens is 656 g/mol. The van der Waals surface area contributed by atoms with Crippen molar-refractivity contribution >= 4 is 23.8 Å². The molecule has 0 bridgehead atoms. The molecule has 5 aliphatic carbocycles. The van der Waals surface area contributed by atoms with E-state index in [0.29, 0.717) is 29.4 Å². The molecule has 5 fully saturated rings. The molecule has 52 heavy (non-hydrogen) atoms. The Labute approximate surface area is 310 Å². The number of allylic oxidation sites excluding steroid dienone is 1. The molecular formula is C43H62N2O7. The Morgan fingerprint density at radius 3 is 2.29 bits per heavy atom. The Hall–Kier alpha value is -3.23. The molecule has 9 heteroatoms. The van der Waals surface area contributed by atoms with Crippen LogP contribution in [-0.2, 0) is 25.7 Å². The molecule has 286 valence electrons. The maximum absolute atomic E-state index is 13.9. The Balaban J connectivity index is 1.21. The third kappa shape index (κ3) is 6.00. The van der Waals surface area contributed by atoms with E-state index in [2.05, 4.69) is 58.4 Å². The van der Waals surface area contributed by atoms with Crippen molar-refractivity contribution in [2.45, 2.75) is 132 Å². The van der Waals surface area contributed by atoms with Crippen LogP contribution in [0.15, 0.2) is 30.5 Å². The Bertz CT molecular complexity index is 1630. The summed E-state index contributed by atoms with van der Waals surface area (Å²) in [5, 5.41) is 22.3. The van der Waals surface area contributed by atoms with E-state index in [1.54, 1.807) is 26.1 Å². The van der Waals surface area contributed by atoms with Crippen LogP contribution < -0.4 is 5.32 Å². The zero-order valence-corrected chi connectivity index (χ0v) is 32.7. The standard InChI is InChI=1S/C43H62N2O7/c1-24(2)27-21-28(36(47)45-23-30-26(37(48)49)11-10-20-44-30)25-14-18-42(8)29(35(25)27)12-13-32-41(7)17-16-33(52-34(46)22-39(3,4)38(50)51)40(5,6)31(41)15-19-43(32,42)9/h10-11,20,25,27-29,31-33,35H,1,12-19,21-23H2,2-9H3,(H,45,47)(H,48,49)(H,50,51)/t25?,27-,28+,29+,31-,32+,33-,35+,41-,42+,43+/m0/s1. The molecule has 1 amide bonds. The number of carbonyl (C=O) groups is 4. The molecule has 3 N–H and O–H groups in total. The van der Waals surface area contributed by atoms with Crippen LogP contribution in [-0.4, -0.2) is 45.1 Å². The number of rotatable bonds is 9. The number of nitrogens with zero attached hydrogens (tertiary/aromatic N) is 1. The number of aromatic nitrogens is 1. The first-order valence-corrected chi connectivity index (χ1v) is 19.7. The number of carbonyl (C=O) groups excluding carboxylic acids is 2. The van der Waals surface area contributed by atoms with Gasteiger partial charge in [-0.2, -0.15) is 0 Å². The van der Waals surface area contributed by atoms with Gasteiger partial charge in [-0.3, -0.25) is 19.4 Å². The number of aromatic carboxylic acids is 1. The third-order valence-corrected chi connectivity index (χ3v) is 16.3. The second-order valence-electron chi connectivity index (χ2n) is 19.5. The quantitative estimate of drug-likeness (QED) is 0.171. The first kappa shape index (κ1) is 38.5. The van der Waals surface area contributed by atoms with E-state index < -0.39 is 23.3 Å². The van der Waals surface area contributed by atoms with Gasteiger partial charge in [0, 0.05) is 17.5 Å². The van der Waals surface area contributed by atoms with E-state index in [0.717, 1.165) is 63.4 Å². The average Bonchev–Trinajstić information content (AvgIpc) is 3.45. The van der Waals surface area contributed by atoms with Crippen molar-refractivity contribution in [1.29, 1.82) is 0 Å². The molecule has 1 unspecified atom stereocenters. The van der Waals surface area contributed by atoms with Gasteiger partial charge in [-0.15, -0.1) is 0 Å². The zero-order chi connectivity index (χ0) is 38.2. The van der Waals surface area contributed by atoms with Crippen molar-refractivity contribution in [2.75, 3.05) is 0 Å². The molecule has 0 saturated heterocycles. The first-order chi connectivity index (χ1) is 24.2. The number of ether oxygens (including phenoxy) is 1. The van der Waals surface area contributed by atoms with Crippen molar-refractivity contribution in [1.82, 2.24) is 10.3 Å². The number of nitrogens with one attached hydrogen (secondary N) is 1. The lowest BCUT2D eigenvalue weighted by molar-refractivity contribution is -0.245. The van der Waals surface area contributed by atoms with Gasteiger partial charge in [0.1, 0.15) is 6.10 Å². The monoisotopic (exact) mass is 718 g/mol. The highest BCUT2D eigenvalue weighted by Crippen LogP contribution is 2.76. The Morgan fingerprint density at radius 1 is 0.942 bits per heavy atom. The first-order valence-electron chi connectivity index (χ1n) is 19.7. The number of amides is 1. The summed E-state index contributed by atoms with van der Waals surface area (Å²) in [6.45, 7) is 22.1. The van der Waals surface area contributed by atoms with Gasteiger partial charge < -0.3 is 20.3 Å². The van der Waals surface area contributed by atoms with Crippen molar-refractivity contribution in [2.24, 2.45) is 68.5 Å². The topological polar surface area (TPSA) is 143 Å². The van der Waals surface area contributed by atoms with E-state index in [1.165, 1.54) is 6.07 Å². The molecule has 1 aromatic heterocycles. The number of aliphatic carboxylic acids is 1. The number of pyridine rings is 1. The molecule has 0 radical (unpaired) electrons. The highest BCUT2D eigenvalue weighted by Gasteiger charge is 2.70. The molecule has 0 spiro atoms. The summed E-state index contributed by atoms with van der Waals surface area (Å²) in [5.74, 6) is -0.246. The molecule has 0 aromatic carbocycles. The molecule has 5 aliphatic rings. The molecule has 0 aliphatic heterocycles. The van der Waals surface area contributed by atoms with Gasteiger partial charge in [-0.05, 0) is 142 Å². The van der Waals surface area contributed by atoms with Gasteiger partial charge in [-0.1, -0.05) is 46.8 Å². The maximum atomic E-state index is 13.9. The van der Waals surface area contributed by atoms with Crippen LogP contribution in [0.2, 0.25) is 0 Å². The zero-order valence-electron chi connectivity index (χ0n) is 32.7. The summed E-state index contributed by atoms with van der Waals surface area (Å²) < 4.78 is 6.15. The van der Waals surface area contributed by atoms with Gasteiger partial charge in [0.05, 0.1) is 29.6 Å². The Kier molecular flexibility index (Phi) is 9.82. The number of carboxylic acid groups (broad SMARTS) is 2. The maximum Gasteiger partial charge on any atom is 0.337 e. The predicted octanol–water partition coefficient (Wildman–Crippen LogP) is 8.32. The van der Waals surface area contributed by atoms with Crippen molar-refractivity contribution < 1.29 is 34.1 Å². The van der Waals surface area contributed by atoms with Gasteiger partial charge in [0.2, 0.25) is 5.91 Å². The van der Waals surface area contributed by atoms with Crippen LogP contribution in [0, 0.1) is 68.5 Å². The second-order valence-corrected chi connectivity index (χ2v) is 19.5. The van der Waals surface area contributed by atoms with Gasteiger partial charge in [0.15, 0.2) is 0 Å². The molecule has 9 nitrogen and oxygen atoms in total. The van der Waals surface area contributed by atoms with Crippen molar-refractivity contribution in [3.8, 4) is 0 Å². The van der Waals surface area contributed by atoms with Gasteiger partial charge >= 0.3 is 17.9 Å². The van der Waals surface area contributed by atoms with Crippen LogP contribution in [0.25, 0.3) is 0 Å². The SMILES string of the molecule is C=C(C)[C@@H]1C[C@@H](C(=O)NCc2ncccc2C(=O)O)C2CC[C@]3(C)[C@H](CC[C@@H]4[C@@]5(C)CC[C@H](OC(=O)CC(C)(C)C(=O)O)C(C)(C)[C@@H]5CC[C@]43C)[C@H]21. The van der Waals surface area contributed by atoms with Crippen molar-refractivity contribution in [3.05, 3.63) is 41.7 Å². The minimum atomic E-state index is -1.16. The largest absolute Gasteiger partial charge is 0.481 e. The lowest BCUT2D eigenvalue weighted by Crippen LogP contribution is -2.66. The molecule has 1 heterocycles. The fourth-order valence-corrected chi connectivity index (χ4v) is 13.4. The van der Waals surface area contributed by atoms with E-state index in [9.17, 15) is 29.4 Å². The van der Waals surface area contributed by atoms with E-state index in [1.807, 2.05) is 0 Å². The molecule has 1 aromatic rings. The number of carboxylic acids is 2. The summed E-state index contributed by atoms with van der Waals surface area (Å²) in [6.07, 6.45) is 10.3. The minimum absolute atomic E-state index is 0.00322. The molecule has 5 saturated carbocycles. The Morgan fingerprint density at radius 2 is 1.63 bits per heavy atom. The van der Waals surface area contributed by atoms with Gasteiger partial charge in [0.25, 0.3) is 0 Å².